The third kappa shape index (κ3) is 4.04. The highest BCUT2D eigenvalue weighted by Crippen LogP contribution is 2.47. The molecule has 7 nitrogen and oxygen atoms in total. The van der Waals surface area contributed by atoms with Crippen molar-refractivity contribution in [1.29, 1.82) is 5.26 Å². The van der Waals surface area contributed by atoms with Crippen molar-refractivity contribution in [2.45, 2.75) is 0 Å². The summed E-state index contributed by atoms with van der Waals surface area (Å²) in [7, 11) is 4.52. The van der Waals surface area contributed by atoms with E-state index in [-0.39, 0.29) is 6.61 Å². The highest BCUT2D eigenvalue weighted by Gasteiger charge is 2.19. The molecule has 2 aromatic carbocycles. The predicted octanol–water partition coefficient (Wildman–Crippen LogP) is 3.39. The Morgan fingerprint density at radius 2 is 1.81 bits per heavy atom. The van der Waals surface area contributed by atoms with Gasteiger partial charge in [0, 0.05) is 18.3 Å². The molecule has 0 aromatic heterocycles. The van der Waals surface area contributed by atoms with Crippen LogP contribution in [0.4, 0.5) is 17.1 Å². The Labute approximate surface area is 157 Å². The number of hydrogen-bond acceptors (Lipinski definition) is 7. The van der Waals surface area contributed by atoms with Gasteiger partial charge in [0.25, 0.3) is 0 Å². The van der Waals surface area contributed by atoms with Gasteiger partial charge in [-0.2, -0.15) is 5.26 Å². The van der Waals surface area contributed by atoms with Crippen LogP contribution in [0.15, 0.2) is 24.3 Å². The molecular formula is C18H20ClN3O4. The zero-order valence-corrected chi connectivity index (χ0v) is 15.5. The van der Waals surface area contributed by atoms with Gasteiger partial charge in [0.05, 0.1) is 44.9 Å². The molecule has 0 fully saturated rings. The lowest BCUT2D eigenvalue weighted by Crippen LogP contribution is -2.07. The summed E-state index contributed by atoms with van der Waals surface area (Å²) in [6.45, 7) is 0.296. The first-order valence-electron chi connectivity index (χ1n) is 7.73. The molecule has 2 aromatic rings. The van der Waals surface area contributed by atoms with Gasteiger partial charge in [0.2, 0.25) is 5.75 Å². The molecule has 0 atom stereocenters. The van der Waals surface area contributed by atoms with Crippen LogP contribution in [0.2, 0.25) is 5.02 Å². The minimum absolute atomic E-state index is 0.0404. The van der Waals surface area contributed by atoms with Gasteiger partial charge in [0.1, 0.15) is 11.1 Å². The third-order valence-electron chi connectivity index (χ3n) is 3.62. The molecule has 0 unspecified atom stereocenters. The summed E-state index contributed by atoms with van der Waals surface area (Å²) in [6, 6.07) is 8.99. The number of ether oxygens (including phenoxy) is 3. The van der Waals surface area contributed by atoms with Crippen molar-refractivity contribution in [2.24, 2.45) is 0 Å². The van der Waals surface area contributed by atoms with Crippen LogP contribution in [-0.4, -0.2) is 39.6 Å². The van der Waals surface area contributed by atoms with E-state index in [1.54, 1.807) is 24.3 Å². The van der Waals surface area contributed by atoms with E-state index < -0.39 is 0 Å². The molecule has 0 aliphatic heterocycles. The summed E-state index contributed by atoms with van der Waals surface area (Å²) >= 11 is 6.43. The van der Waals surface area contributed by atoms with E-state index in [1.165, 1.54) is 21.3 Å². The number of nitrogens with zero attached hydrogens (tertiary/aromatic N) is 1. The van der Waals surface area contributed by atoms with Gasteiger partial charge >= 0.3 is 0 Å². The quantitative estimate of drug-likeness (QED) is 0.648. The second kappa shape index (κ2) is 9.04. The Balaban J connectivity index is 2.43. The number of aliphatic hydroxyl groups excluding tert-OH is 1. The van der Waals surface area contributed by atoms with E-state index in [9.17, 15) is 5.26 Å². The van der Waals surface area contributed by atoms with Crippen LogP contribution in [0.25, 0.3) is 0 Å². The molecule has 8 heteroatoms. The van der Waals surface area contributed by atoms with Crippen LogP contribution < -0.4 is 24.8 Å². The first kappa shape index (κ1) is 19.5. The maximum absolute atomic E-state index is 9.20. The Kier molecular flexibility index (Phi) is 6.78. The average molecular weight is 378 g/mol. The fourth-order valence-corrected chi connectivity index (χ4v) is 2.69. The third-order valence-corrected chi connectivity index (χ3v) is 3.99. The van der Waals surface area contributed by atoms with E-state index in [0.717, 1.165) is 0 Å². The monoisotopic (exact) mass is 377 g/mol. The van der Waals surface area contributed by atoms with Crippen molar-refractivity contribution in [1.82, 2.24) is 0 Å². The minimum atomic E-state index is -0.0404. The molecule has 0 heterocycles. The summed E-state index contributed by atoms with van der Waals surface area (Å²) in [6.07, 6.45) is 0. The normalized spacial score (nSPS) is 10.0. The molecule has 0 bridgehead atoms. The second-order valence-electron chi connectivity index (χ2n) is 5.15. The Morgan fingerprint density at radius 1 is 1.08 bits per heavy atom. The zero-order chi connectivity index (χ0) is 19.1. The summed E-state index contributed by atoms with van der Waals surface area (Å²) in [4.78, 5) is 0. The maximum atomic E-state index is 9.20. The number of nitriles is 1. The van der Waals surface area contributed by atoms with Crippen molar-refractivity contribution in [3.63, 3.8) is 0 Å². The largest absolute Gasteiger partial charge is 0.493 e. The molecule has 26 heavy (non-hydrogen) atoms. The molecule has 0 spiro atoms. The van der Waals surface area contributed by atoms with E-state index in [4.69, 9.17) is 30.9 Å². The van der Waals surface area contributed by atoms with Crippen LogP contribution in [0.3, 0.4) is 0 Å². The summed E-state index contributed by atoms with van der Waals surface area (Å²) in [5.74, 6) is 1.21. The fourth-order valence-electron chi connectivity index (χ4n) is 2.42. The zero-order valence-electron chi connectivity index (χ0n) is 14.7. The first-order valence-corrected chi connectivity index (χ1v) is 8.11. The predicted molar refractivity (Wildman–Crippen MR) is 101 cm³/mol. The lowest BCUT2D eigenvalue weighted by Gasteiger charge is -2.18. The lowest BCUT2D eigenvalue weighted by molar-refractivity contribution is 0.311. The topological polar surface area (TPSA) is 95.8 Å². The van der Waals surface area contributed by atoms with Crippen LogP contribution in [0.5, 0.6) is 17.2 Å². The highest BCUT2D eigenvalue weighted by atomic mass is 35.5. The number of aliphatic hydroxyl groups is 1. The number of rotatable bonds is 8. The minimum Gasteiger partial charge on any atom is -0.493 e. The molecule has 0 amide bonds. The number of halogens is 1. The van der Waals surface area contributed by atoms with Crippen LogP contribution in [0, 0.1) is 11.3 Å². The molecule has 0 saturated carbocycles. The summed E-state index contributed by atoms with van der Waals surface area (Å²) in [5, 5.41) is 24.7. The van der Waals surface area contributed by atoms with Gasteiger partial charge in [-0.1, -0.05) is 11.6 Å². The smallest absolute Gasteiger partial charge is 0.205 e. The molecule has 2 rings (SSSR count). The van der Waals surface area contributed by atoms with Crippen molar-refractivity contribution in [3.05, 3.63) is 34.9 Å². The molecule has 0 radical (unpaired) electrons. The number of methoxy groups -OCH3 is 3. The SMILES string of the molecule is COc1cc(Nc2ccc(C#N)c(NCCO)c2)c(Cl)c(OC)c1OC. The van der Waals surface area contributed by atoms with Gasteiger partial charge in [-0.3, -0.25) is 0 Å². The number of hydrogen-bond donors (Lipinski definition) is 3. The van der Waals surface area contributed by atoms with Crippen molar-refractivity contribution in [2.75, 3.05) is 45.1 Å². The average Bonchev–Trinajstić information content (AvgIpc) is 2.67. The Bertz CT molecular complexity index is 821. The second-order valence-corrected chi connectivity index (χ2v) is 5.53. The van der Waals surface area contributed by atoms with E-state index in [1.807, 2.05) is 0 Å². The molecule has 0 aliphatic rings. The Hall–Kier alpha value is -2.82. The van der Waals surface area contributed by atoms with E-state index in [0.29, 0.717) is 51.4 Å². The molecular weight excluding hydrogens is 358 g/mol. The number of benzene rings is 2. The summed E-state index contributed by atoms with van der Waals surface area (Å²) < 4.78 is 16.0. The van der Waals surface area contributed by atoms with Gasteiger partial charge < -0.3 is 30.0 Å². The number of anilines is 3. The first-order chi connectivity index (χ1) is 12.6. The Morgan fingerprint density at radius 3 is 2.38 bits per heavy atom. The summed E-state index contributed by atoms with van der Waals surface area (Å²) in [5.41, 5.74) is 2.33. The fraction of sp³-hybridized carbons (Fsp3) is 0.278. The molecule has 0 saturated heterocycles. The van der Waals surface area contributed by atoms with Gasteiger partial charge in [-0.05, 0) is 18.2 Å². The van der Waals surface area contributed by atoms with Crippen molar-refractivity contribution in [3.8, 4) is 23.3 Å². The van der Waals surface area contributed by atoms with Crippen LogP contribution in [0.1, 0.15) is 5.56 Å². The van der Waals surface area contributed by atoms with Gasteiger partial charge in [-0.15, -0.1) is 0 Å². The van der Waals surface area contributed by atoms with Crippen LogP contribution in [-0.2, 0) is 0 Å². The van der Waals surface area contributed by atoms with Crippen molar-refractivity contribution < 1.29 is 19.3 Å². The van der Waals surface area contributed by atoms with E-state index in [2.05, 4.69) is 16.7 Å². The van der Waals surface area contributed by atoms with Gasteiger partial charge in [-0.25, -0.2) is 0 Å². The van der Waals surface area contributed by atoms with Crippen LogP contribution >= 0.6 is 11.6 Å². The van der Waals surface area contributed by atoms with Crippen molar-refractivity contribution >= 4 is 28.7 Å². The molecule has 138 valence electrons. The van der Waals surface area contributed by atoms with E-state index >= 15 is 0 Å². The van der Waals surface area contributed by atoms with Gasteiger partial charge in [0.15, 0.2) is 11.5 Å². The lowest BCUT2D eigenvalue weighted by atomic mass is 10.1. The maximum Gasteiger partial charge on any atom is 0.205 e. The standard InChI is InChI=1S/C18H20ClN3O4/c1-24-15-9-14(16(19)18(26-3)17(15)25-2)22-12-5-4-11(10-20)13(8-12)21-6-7-23/h4-5,8-9,21-23H,6-7H2,1-3H3. The molecule has 3 N–H and O–H groups in total. The number of nitrogens with one attached hydrogen (secondary N) is 2. The molecule has 0 aliphatic carbocycles. The highest BCUT2D eigenvalue weighted by molar-refractivity contribution is 6.35.